The van der Waals surface area contributed by atoms with Crippen LogP contribution in [0.1, 0.15) is 35.7 Å². The van der Waals surface area contributed by atoms with E-state index < -0.39 is 12.1 Å². The van der Waals surface area contributed by atoms with E-state index in [0.717, 1.165) is 34.1 Å². The smallest absolute Gasteiger partial charge is 0.243 e. The monoisotopic (exact) mass is 481 g/mol. The number of nitrogens with zero attached hydrogens (tertiary/aromatic N) is 2. The minimum absolute atomic E-state index is 0.148. The van der Waals surface area contributed by atoms with Crippen molar-refractivity contribution >= 4 is 22.7 Å². The molecular formula is C29H31N5O2. The van der Waals surface area contributed by atoms with Gasteiger partial charge in [-0.25, -0.2) is 0 Å². The Labute approximate surface area is 210 Å². The van der Waals surface area contributed by atoms with Crippen molar-refractivity contribution in [3.8, 4) is 0 Å². The van der Waals surface area contributed by atoms with Crippen LogP contribution in [0, 0.1) is 0 Å². The lowest BCUT2D eigenvalue weighted by Gasteiger charge is -2.28. The highest BCUT2D eigenvalue weighted by Crippen LogP contribution is 2.24. The predicted molar refractivity (Wildman–Crippen MR) is 140 cm³/mol. The first-order chi connectivity index (χ1) is 17.6. The van der Waals surface area contributed by atoms with E-state index in [2.05, 4.69) is 15.3 Å². The molecular weight excluding hydrogens is 450 g/mol. The van der Waals surface area contributed by atoms with E-state index in [1.807, 2.05) is 79.0 Å². The van der Waals surface area contributed by atoms with Crippen molar-refractivity contribution in [3.05, 3.63) is 102 Å². The lowest BCUT2D eigenvalue weighted by atomic mass is 10.0. The summed E-state index contributed by atoms with van der Waals surface area (Å²) in [5.41, 5.74) is 10.3. The molecule has 5 rings (SSSR count). The number of rotatable bonds is 8. The molecule has 0 bridgehead atoms. The topological polar surface area (TPSA) is 104 Å². The number of nitrogens with one attached hydrogen (secondary N) is 2. The van der Waals surface area contributed by atoms with Gasteiger partial charge in [0.25, 0.3) is 0 Å². The van der Waals surface area contributed by atoms with E-state index in [4.69, 9.17) is 5.73 Å². The highest BCUT2D eigenvalue weighted by molar-refractivity contribution is 5.91. The van der Waals surface area contributed by atoms with Gasteiger partial charge in [-0.1, -0.05) is 54.6 Å². The Morgan fingerprint density at radius 1 is 1.03 bits per heavy atom. The fourth-order valence-electron chi connectivity index (χ4n) is 5.07. The van der Waals surface area contributed by atoms with E-state index in [1.165, 1.54) is 0 Å². The summed E-state index contributed by atoms with van der Waals surface area (Å²) in [6.45, 7) is 0.536. The van der Waals surface area contributed by atoms with Gasteiger partial charge in [0.2, 0.25) is 11.8 Å². The van der Waals surface area contributed by atoms with Crippen LogP contribution in [0.4, 0.5) is 0 Å². The van der Waals surface area contributed by atoms with Gasteiger partial charge in [0.15, 0.2) is 0 Å². The number of pyridine rings is 1. The first-order valence-electron chi connectivity index (χ1n) is 12.5. The molecule has 4 N–H and O–H groups in total. The first-order valence-corrected chi connectivity index (χ1v) is 12.5. The van der Waals surface area contributed by atoms with E-state index >= 15 is 0 Å². The molecule has 2 aromatic heterocycles. The number of amides is 2. The van der Waals surface area contributed by atoms with Crippen molar-refractivity contribution in [2.24, 2.45) is 5.73 Å². The molecule has 4 aromatic rings. The number of aromatic amines is 1. The normalized spacial score (nSPS) is 17.1. The van der Waals surface area contributed by atoms with Crippen molar-refractivity contribution in [3.63, 3.8) is 0 Å². The maximum absolute atomic E-state index is 13.5. The number of likely N-dealkylation sites (tertiary alicyclic amines) is 1. The van der Waals surface area contributed by atoms with Gasteiger partial charge in [-0.2, -0.15) is 0 Å². The summed E-state index contributed by atoms with van der Waals surface area (Å²) in [7, 11) is 0. The quantitative estimate of drug-likeness (QED) is 0.358. The van der Waals surface area contributed by atoms with Crippen LogP contribution in [-0.2, 0) is 22.4 Å². The van der Waals surface area contributed by atoms with Gasteiger partial charge in [-0.15, -0.1) is 0 Å². The number of fused-ring (bicyclic) bond motifs is 1. The molecule has 184 valence electrons. The summed E-state index contributed by atoms with van der Waals surface area (Å²) in [6.07, 6.45) is 6.05. The molecule has 0 saturated carbocycles. The van der Waals surface area contributed by atoms with Crippen LogP contribution in [0.15, 0.2) is 85.2 Å². The van der Waals surface area contributed by atoms with Crippen molar-refractivity contribution in [2.75, 3.05) is 6.54 Å². The number of carbonyl (C=O) groups excluding carboxylic acids is 2. The summed E-state index contributed by atoms with van der Waals surface area (Å²) < 4.78 is 0. The number of hydrogen-bond donors (Lipinski definition) is 3. The van der Waals surface area contributed by atoms with Crippen LogP contribution in [-0.4, -0.2) is 45.3 Å². The van der Waals surface area contributed by atoms with Gasteiger partial charge >= 0.3 is 0 Å². The maximum atomic E-state index is 13.5. The molecule has 7 nitrogen and oxygen atoms in total. The van der Waals surface area contributed by atoms with Crippen LogP contribution in [0.5, 0.6) is 0 Å². The number of para-hydroxylation sites is 1. The summed E-state index contributed by atoms with van der Waals surface area (Å²) in [4.78, 5) is 36.2. The second-order valence-corrected chi connectivity index (χ2v) is 9.36. The average molecular weight is 482 g/mol. The molecule has 2 aromatic carbocycles. The van der Waals surface area contributed by atoms with Gasteiger partial charge in [-0.3, -0.25) is 14.6 Å². The molecule has 0 spiro atoms. The number of H-pyrrole nitrogens is 1. The van der Waals surface area contributed by atoms with Gasteiger partial charge in [0.1, 0.15) is 6.04 Å². The third-order valence-corrected chi connectivity index (χ3v) is 6.93. The number of carbonyl (C=O) groups is 2. The minimum atomic E-state index is -0.712. The van der Waals surface area contributed by atoms with Crippen molar-refractivity contribution < 1.29 is 9.59 Å². The molecule has 2 amide bonds. The number of aromatic nitrogens is 2. The van der Waals surface area contributed by atoms with Crippen LogP contribution in [0.25, 0.3) is 10.9 Å². The zero-order valence-corrected chi connectivity index (χ0v) is 20.1. The number of benzene rings is 2. The molecule has 1 saturated heterocycles. The second kappa shape index (κ2) is 10.7. The molecule has 1 aliphatic heterocycles. The summed E-state index contributed by atoms with van der Waals surface area (Å²) >= 11 is 0. The van der Waals surface area contributed by atoms with E-state index in [1.54, 1.807) is 11.1 Å². The Hall–Kier alpha value is -3.97. The maximum Gasteiger partial charge on any atom is 0.243 e. The molecule has 3 heterocycles. The first kappa shape index (κ1) is 23.8. The SMILES string of the molecule is N[C@@H](Cc1c[nH]c2ccccc12)C(=O)N1CCC[C@H]1C(=O)N[C@@H](Cc1ccccn1)c1ccccc1. The summed E-state index contributed by atoms with van der Waals surface area (Å²) in [5.74, 6) is -0.330. The number of nitrogens with two attached hydrogens (primary N) is 1. The predicted octanol–water partition coefficient (Wildman–Crippen LogP) is 3.52. The molecule has 0 aliphatic carbocycles. The highest BCUT2D eigenvalue weighted by atomic mass is 16.2. The Morgan fingerprint density at radius 3 is 2.61 bits per heavy atom. The molecule has 0 unspecified atom stereocenters. The fraction of sp³-hybridized carbons (Fsp3) is 0.276. The largest absolute Gasteiger partial charge is 0.361 e. The third-order valence-electron chi connectivity index (χ3n) is 6.93. The van der Waals surface area contributed by atoms with Gasteiger partial charge in [0, 0.05) is 42.0 Å². The second-order valence-electron chi connectivity index (χ2n) is 9.36. The van der Waals surface area contributed by atoms with Crippen LogP contribution in [0.2, 0.25) is 0 Å². The van der Waals surface area contributed by atoms with Gasteiger partial charge in [0.05, 0.1) is 12.1 Å². The van der Waals surface area contributed by atoms with Crippen LogP contribution in [0.3, 0.4) is 0 Å². The van der Waals surface area contributed by atoms with Crippen LogP contribution >= 0.6 is 0 Å². The molecule has 1 aliphatic rings. The lowest BCUT2D eigenvalue weighted by Crippen LogP contribution is -2.52. The molecule has 36 heavy (non-hydrogen) atoms. The van der Waals surface area contributed by atoms with Crippen molar-refractivity contribution in [2.45, 2.75) is 43.8 Å². The van der Waals surface area contributed by atoms with Crippen LogP contribution < -0.4 is 11.1 Å². The molecule has 7 heteroatoms. The van der Waals surface area contributed by atoms with Gasteiger partial charge < -0.3 is 20.9 Å². The lowest BCUT2D eigenvalue weighted by molar-refractivity contribution is -0.139. The standard InChI is InChI=1S/C29H31N5O2/c30-24(17-21-19-32-25-13-5-4-12-23(21)25)29(36)34-16-8-14-27(34)28(35)33-26(20-9-2-1-3-10-20)18-22-11-6-7-15-31-22/h1-7,9-13,15,19,24,26-27,32H,8,14,16-18,30H2,(H,33,35)/t24-,26-,27-/m0/s1. The van der Waals surface area contributed by atoms with Gasteiger partial charge in [-0.05, 0) is 48.6 Å². The van der Waals surface area contributed by atoms with E-state index in [0.29, 0.717) is 25.8 Å². The minimum Gasteiger partial charge on any atom is -0.361 e. The zero-order valence-electron chi connectivity index (χ0n) is 20.1. The molecule has 0 radical (unpaired) electrons. The van der Waals surface area contributed by atoms with Crippen molar-refractivity contribution in [1.29, 1.82) is 0 Å². The summed E-state index contributed by atoms with van der Waals surface area (Å²) in [5, 5.41) is 4.27. The Morgan fingerprint density at radius 2 is 1.81 bits per heavy atom. The molecule has 3 atom stereocenters. The Balaban J connectivity index is 1.29. The van der Waals surface area contributed by atoms with Crippen molar-refractivity contribution in [1.82, 2.24) is 20.2 Å². The Bertz CT molecular complexity index is 1320. The average Bonchev–Trinajstić information content (AvgIpc) is 3.57. The summed E-state index contributed by atoms with van der Waals surface area (Å²) in [6, 6.07) is 22.1. The zero-order chi connectivity index (χ0) is 24.9. The van der Waals surface area contributed by atoms with E-state index in [9.17, 15) is 9.59 Å². The highest BCUT2D eigenvalue weighted by Gasteiger charge is 2.37. The molecule has 1 fully saturated rings. The fourth-order valence-corrected chi connectivity index (χ4v) is 5.07. The third kappa shape index (κ3) is 5.16. The van der Waals surface area contributed by atoms with E-state index in [-0.39, 0.29) is 17.9 Å². The Kier molecular flexibility index (Phi) is 7.09. The number of hydrogen-bond acceptors (Lipinski definition) is 4.